The van der Waals surface area contributed by atoms with Crippen LogP contribution in [0, 0.1) is 5.92 Å². The van der Waals surface area contributed by atoms with Gasteiger partial charge in [0.25, 0.3) is 0 Å². The molecule has 8 heteroatoms. The zero-order valence-corrected chi connectivity index (χ0v) is 16.0. The van der Waals surface area contributed by atoms with Crippen molar-refractivity contribution in [2.45, 2.75) is 31.7 Å². The molecule has 1 fully saturated rings. The third kappa shape index (κ3) is 3.82. The molecule has 4 rings (SSSR count). The molecule has 2 aromatic heterocycles. The minimum absolute atomic E-state index is 0.169. The maximum atomic E-state index is 12.0. The van der Waals surface area contributed by atoms with Crippen molar-refractivity contribution in [3.05, 3.63) is 42.0 Å². The number of imide groups is 1. The fourth-order valence-electron chi connectivity index (χ4n) is 3.73. The number of primary amides is 1. The van der Waals surface area contributed by atoms with E-state index in [4.69, 9.17) is 5.73 Å². The highest BCUT2D eigenvalue weighted by molar-refractivity contribution is 7.17. The Bertz CT molecular complexity index is 996. The lowest BCUT2D eigenvalue weighted by atomic mass is 9.85. The first kappa shape index (κ1) is 18.4. The summed E-state index contributed by atoms with van der Waals surface area (Å²) in [5, 5.41) is 8.89. The number of urea groups is 1. The predicted octanol–water partition coefficient (Wildman–Crippen LogP) is 3.52. The Hall–Kier alpha value is -3.00. The maximum absolute atomic E-state index is 12.0. The molecule has 3 amide bonds. The van der Waals surface area contributed by atoms with Gasteiger partial charge in [-0.15, -0.1) is 11.3 Å². The summed E-state index contributed by atoms with van der Waals surface area (Å²) in [6, 6.07) is 9.64. The zero-order chi connectivity index (χ0) is 19.5. The molecule has 1 saturated carbocycles. The van der Waals surface area contributed by atoms with Crippen LogP contribution in [0.3, 0.4) is 0 Å². The highest BCUT2D eigenvalue weighted by Gasteiger charge is 2.27. The van der Waals surface area contributed by atoms with Crippen molar-refractivity contribution >= 4 is 39.3 Å². The summed E-state index contributed by atoms with van der Waals surface area (Å²) in [4.78, 5) is 32.7. The van der Waals surface area contributed by atoms with Crippen LogP contribution >= 0.6 is 11.3 Å². The number of aromatic nitrogens is 2. The van der Waals surface area contributed by atoms with E-state index in [9.17, 15) is 9.59 Å². The van der Waals surface area contributed by atoms with Crippen LogP contribution in [0.2, 0.25) is 0 Å². The number of thiophene rings is 1. The van der Waals surface area contributed by atoms with E-state index in [1.165, 1.54) is 0 Å². The number of fused-ring (bicyclic) bond motifs is 1. The SMILES string of the molecule is NC(=O)NC(=O)C1CCC(Nc2ncnc3scc(-c4ccccc4)c23)CC1. The van der Waals surface area contributed by atoms with E-state index >= 15 is 0 Å². The molecule has 0 atom stereocenters. The van der Waals surface area contributed by atoms with Crippen LogP contribution in [0.25, 0.3) is 21.3 Å². The second-order valence-corrected chi connectivity index (χ2v) is 7.82. The molecule has 1 aromatic carbocycles. The molecule has 144 valence electrons. The summed E-state index contributed by atoms with van der Waals surface area (Å²) >= 11 is 1.61. The Morgan fingerprint density at radius 2 is 1.82 bits per heavy atom. The first-order valence-corrected chi connectivity index (χ1v) is 10.1. The fourth-order valence-corrected chi connectivity index (χ4v) is 4.65. The second-order valence-electron chi connectivity index (χ2n) is 6.96. The minimum atomic E-state index is -0.792. The Morgan fingerprint density at radius 1 is 1.07 bits per heavy atom. The summed E-state index contributed by atoms with van der Waals surface area (Å²) in [7, 11) is 0. The molecular formula is C20H21N5O2S. The summed E-state index contributed by atoms with van der Waals surface area (Å²) in [6.07, 6.45) is 4.66. The lowest BCUT2D eigenvalue weighted by Gasteiger charge is -2.28. The van der Waals surface area contributed by atoms with Gasteiger partial charge in [-0.25, -0.2) is 14.8 Å². The fraction of sp³-hybridized carbons (Fsp3) is 0.300. The van der Waals surface area contributed by atoms with Crippen LogP contribution in [0.5, 0.6) is 0 Å². The lowest BCUT2D eigenvalue weighted by Crippen LogP contribution is -2.41. The number of nitrogens with two attached hydrogens (primary N) is 1. The normalized spacial score (nSPS) is 19.3. The Morgan fingerprint density at radius 3 is 2.54 bits per heavy atom. The molecule has 1 aliphatic rings. The minimum Gasteiger partial charge on any atom is -0.367 e. The lowest BCUT2D eigenvalue weighted by molar-refractivity contribution is -0.124. The quantitative estimate of drug-likeness (QED) is 0.626. The number of hydrogen-bond acceptors (Lipinski definition) is 6. The molecule has 2 heterocycles. The van der Waals surface area contributed by atoms with E-state index < -0.39 is 6.03 Å². The van der Waals surface area contributed by atoms with Gasteiger partial charge >= 0.3 is 6.03 Å². The first-order valence-electron chi connectivity index (χ1n) is 9.26. The van der Waals surface area contributed by atoms with E-state index in [1.54, 1.807) is 17.7 Å². The highest BCUT2D eigenvalue weighted by Crippen LogP contribution is 2.37. The van der Waals surface area contributed by atoms with Gasteiger partial charge in [0.2, 0.25) is 5.91 Å². The molecule has 0 saturated heterocycles. The van der Waals surface area contributed by atoms with Gasteiger partial charge in [0.15, 0.2) is 0 Å². The standard InChI is InChI=1S/C20H21N5O2S/c21-20(27)25-18(26)13-6-8-14(9-7-13)24-17-16-15(12-4-2-1-3-5-12)10-28-19(16)23-11-22-17/h1-5,10-11,13-14H,6-9H2,(H,22,23,24)(H3,21,25,26,27). The Balaban J connectivity index is 1.51. The maximum Gasteiger partial charge on any atom is 0.318 e. The van der Waals surface area contributed by atoms with Crippen molar-refractivity contribution in [3.63, 3.8) is 0 Å². The molecule has 28 heavy (non-hydrogen) atoms. The summed E-state index contributed by atoms with van der Waals surface area (Å²) in [5.74, 6) is 0.381. The predicted molar refractivity (Wildman–Crippen MR) is 110 cm³/mol. The molecule has 0 unspecified atom stereocenters. The van der Waals surface area contributed by atoms with Crippen molar-refractivity contribution in [2.24, 2.45) is 11.7 Å². The smallest absolute Gasteiger partial charge is 0.318 e. The van der Waals surface area contributed by atoms with Crippen molar-refractivity contribution in [1.82, 2.24) is 15.3 Å². The van der Waals surface area contributed by atoms with E-state index in [0.29, 0.717) is 12.8 Å². The number of carbonyl (C=O) groups excluding carboxylic acids is 2. The largest absolute Gasteiger partial charge is 0.367 e. The van der Waals surface area contributed by atoms with Gasteiger partial charge in [-0.1, -0.05) is 30.3 Å². The molecule has 0 spiro atoms. The van der Waals surface area contributed by atoms with E-state index in [2.05, 4.69) is 38.1 Å². The van der Waals surface area contributed by atoms with Crippen LogP contribution in [0.1, 0.15) is 25.7 Å². The van der Waals surface area contributed by atoms with Crippen LogP contribution in [-0.2, 0) is 4.79 Å². The topological polar surface area (TPSA) is 110 Å². The zero-order valence-electron chi connectivity index (χ0n) is 15.2. The molecule has 7 nitrogen and oxygen atoms in total. The number of carbonyl (C=O) groups is 2. The van der Waals surface area contributed by atoms with Crippen molar-refractivity contribution in [1.29, 1.82) is 0 Å². The summed E-state index contributed by atoms with van der Waals surface area (Å²) < 4.78 is 0. The van der Waals surface area contributed by atoms with Gasteiger partial charge in [-0.05, 0) is 31.2 Å². The van der Waals surface area contributed by atoms with Gasteiger partial charge < -0.3 is 11.1 Å². The van der Waals surface area contributed by atoms with Crippen molar-refractivity contribution < 1.29 is 9.59 Å². The molecular weight excluding hydrogens is 374 g/mol. The van der Waals surface area contributed by atoms with Gasteiger partial charge in [0.05, 0.1) is 5.39 Å². The van der Waals surface area contributed by atoms with E-state index in [0.717, 1.165) is 40.0 Å². The van der Waals surface area contributed by atoms with Crippen LogP contribution in [0.15, 0.2) is 42.0 Å². The number of hydrogen-bond donors (Lipinski definition) is 3. The third-order valence-corrected chi connectivity index (χ3v) is 6.03. The first-order chi connectivity index (χ1) is 13.6. The Kier molecular flexibility index (Phi) is 5.21. The summed E-state index contributed by atoms with van der Waals surface area (Å²) in [5.41, 5.74) is 7.30. The van der Waals surface area contributed by atoms with Crippen LogP contribution in [-0.4, -0.2) is 27.9 Å². The second kappa shape index (κ2) is 7.93. The molecule has 0 aliphatic heterocycles. The number of anilines is 1. The van der Waals surface area contributed by atoms with Gasteiger partial charge in [0.1, 0.15) is 17.0 Å². The Labute approximate surface area is 166 Å². The molecule has 0 radical (unpaired) electrons. The average molecular weight is 395 g/mol. The van der Waals surface area contributed by atoms with Gasteiger partial charge in [-0.2, -0.15) is 0 Å². The number of rotatable bonds is 4. The van der Waals surface area contributed by atoms with Gasteiger partial charge in [-0.3, -0.25) is 10.1 Å². The van der Waals surface area contributed by atoms with Crippen LogP contribution in [0.4, 0.5) is 10.6 Å². The average Bonchev–Trinajstić information content (AvgIpc) is 3.14. The van der Waals surface area contributed by atoms with Crippen LogP contribution < -0.4 is 16.4 Å². The number of nitrogens with one attached hydrogen (secondary N) is 2. The number of benzene rings is 1. The monoisotopic (exact) mass is 395 g/mol. The molecule has 4 N–H and O–H groups in total. The number of nitrogens with zero attached hydrogens (tertiary/aromatic N) is 2. The van der Waals surface area contributed by atoms with Crippen molar-refractivity contribution in [2.75, 3.05) is 5.32 Å². The number of amides is 3. The molecule has 0 bridgehead atoms. The van der Waals surface area contributed by atoms with Crippen molar-refractivity contribution in [3.8, 4) is 11.1 Å². The molecule has 1 aliphatic carbocycles. The summed E-state index contributed by atoms with van der Waals surface area (Å²) in [6.45, 7) is 0. The van der Waals surface area contributed by atoms with E-state index in [-0.39, 0.29) is 17.9 Å². The third-order valence-electron chi connectivity index (χ3n) is 5.14. The van der Waals surface area contributed by atoms with Gasteiger partial charge in [0, 0.05) is 22.9 Å². The molecule has 3 aromatic rings. The highest BCUT2D eigenvalue weighted by atomic mass is 32.1. The van der Waals surface area contributed by atoms with E-state index in [1.807, 2.05) is 18.2 Å².